The van der Waals surface area contributed by atoms with Crippen molar-refractivity contribution in [2.24, 2.45) is 0 Å². The van der Waals surface area contributed by atoms with Crippen LogP contribution in [-0.2, 0) is 0 Å². The fourth-order valence-electron chi connectivity index (χ4n) is 1.86. The number of thioether (sulfide) groups is 1. The number of nitrogens with one attached hydrogen (secondary N) is 1. The average molecular weight is 187 g/mol. The van der Waals surface area contributed by atoms with Crippen LogP contribution in [-0.4, -0.2) is 16.7 Å². The van der Waals surface area contributed by atoms with Crippen LogP contribution in [0.2, 0.25) is 0 Å². The van der Waals surface area contributed by atoms with Crippen molar-refractivity contribution in [3.63, 3.8) is 0 Å². The molecule has 0 aliphatic carbocycles. The molecule has 0 aromatic carbocycles. The van der Waals surface area contributed by atoms with Crippen molar-refractivity contribution < 1.29 is 0 Å². The lowest BCUT2D eigenvalue weighted by Gasteiger charge is -2.27. The standard InChI is InChI=1S/C10H21NS/c1-4-7-10(6-3)11-9(5-2)8-12-10/h9,11H,4-8H2,1-3H3. The predicted molar refractivity (Wildman–Crippen MR) is 57.6 cm³/mol. The van der Waals surface area contributed by atoms with Crippen LogP contribution >= 0.6 is 11.8 Å². The molecular weight excluding hydrogens is 166 g/mol. The Kier molecular flexibility index (Phi) is 3.91. The molecule has 0 aromatic heterocycles. The average Bonchev–Trinajstić information content (AvgIpc) is 2.50. The van der Waals surface area contributed by atoms with Gasteiger partial charge in [-0.05, 0) is 19.3 Å². The molecule has 12 heavy (non-hydrogen) atoms. The molecule has 0 amide bonds. The summed E-state index contributed by atoms with van der Waals surface area (Å²) in [6, 6.07) is 0.765. The molecule has 1 aliphatic heterocycles. The number of hydrogen-bond acceptors (Lipinski definition) is 2. The molecule has 1 aliphatic rings. The number of rotatable bonds is 4. The Bertz CT molecular complexity index is 138. The highest BCUT2D eigenvalue weighted by Crippen LogP contribution is 2.37. The second kappa shape index (κ2) is 4.52. The third-order valence-corrected chi connectivity index (χ3v) is 4.48. The SMILES string of the molecule is CCCC1(CC)NC(CC)CS1. The molecule has 0 spiro atoms. The van der Waals surface area contributed by atoms with E-state index in [1.165, 1.54) is 31.4 Å². The summed E-state index contributed by atoms with van der Waals surface area (Å²) in [5, 5.41) is 3.77. The minimum absolute atomic E-state index is 0.426. The number of hydrogen-bond donors (Lipinski definition) is 1. The molecule has 0 aromatic rings. The quantitative estimate of drug-likeness (QED) is 0.726. The molecule has 2 unspecified atom stereocenters. The lowest BCUT2D eigenvalue weighted by atomic mass is 10.1. The smallest absolute Gasteiger partial charge is 0.0645 e. The Hall–Kier alpha value is 0.310. The van der Waals surface area contributed by atoms with Gasteiger partial charge in [0.25, 0.3) is 0 Å². The normalized spacial score (nSPS) is 35.8. The van der Waals surface area contributed by atoms with Crippen molar-refractivity contribution in [3.05, 3.63) is 0 Å². The summed E-state index contributed by atoms with van der Waals surface area (Å²) >= 11 is 2.14. The molecule has 0 saturated carbocycles. The van der Waals surface area contributed by atoms with E-state index in [2.05, 4.69) is 37.8 Å². The van der Waals surface area contributed by atoms with E-state index >= 15 is 0 Å². The zero-order chi connectivity index (χ0) is 9.03. The second-order valence-electron chi connectivity index (χ2n) is 3.66. The molecule has 2 heteroatoms. The van der Waals surface area contributed by atoms with Crippen molar-refractivity contribution >= 4 is 11.8 Å². The van der Waals surface area contributed by atoms with Gasteiger partial charge in [0.05, 0.1) is 4.87 Å². The van der Waals surface area contributed by atoms with Gasteiger partial charge in [-0.3, -0.25) is 5.32 Å². The molecule has 0 radical (unpaired) electrons. The Labute approximate surface area is 80.7 Å². The summed E-state index contributed by atoms with van der Waals surface area (Å²) in [5.41, 5.74) is 0. The van der Waals surface area contributed by atoms with Gasteiger partial charge in [0, 0.05) is 11.8 Å². The third kappa shape index (κ3) is 2.17. The largest absolute Gasteiger partial charge is 0.299 e. The maximum atomic E-state index is 3.77. The van der Waals surface area contributed by atoms with Crippen molar-refractivity contribution in [1.82, 2.24) is 5.32 Å². The summed E-state index contributed by atoms with van der Waals surface area (Å²) < 4.78 is 0. The first kappa shape index (κ1) is 10.4. The molecule has 1 N–H and O–H groups in total. The van der Waals surface area contributed by atoms with E-state index in [1.54, 1.807) is 0 Å². The minimum atomic E-state index is 0.426. The topological polar surface area (TPSA) is 12.0 Å². The summed E-state index contributed by atoms with van der Waals surface area (Å²) in [4.78, 5) is 0.426. The molecule has 2 atom stereocenters. The van der Waals surface area contributed by atoms with E-state index in [-0.39, 0.29) is 0 Å². The van der Waals surface area contributed by atoms with Gasteiger partial charge in [0.15, 0.2) is 0 Å². The molecular formula is C10H21NS. The Morgan fingerprint density at radius 2 is 2.17 bits per heavy atom. The van der Waals surface area contributed by atoms with Crippen molar-refractivity contribution in [3.8, 4) is 0 Å². The van der Waals surface area contributed by atoms with Crippen molar-refractivity contribution in [1.29, 1.82) is 0 Å². The summed E-state index contributed by atoms with van der Waals surface area (Å²) in [5.74, 6) is 1.31. The van der Waals surface area contributed by atoms with Crippen LogP contribution in [0.1, 0.15) is 46.5 Å². The van der Waals surface area contributed by atoms with Gasteiger partial charge < -0.3 is 0 Å². The van der Waals surface area contributed by atoms with Crippen molar-refractivity contribution in [2.75, 3.05) is 5.75 Å². The maximum absolute atomic E-state index is 3.77. The van der Waals surface area contributed by atoms with Crippen LogP contribution in [0, 0.1) is 0 Å². The summed E-state index contributed by atoms with van der Waals surface area (Å²) in [6.07, 6.45) is 5.16. The van der Waals surface area contributed by atoms with Gasteiger partial charge in [-0.15, -0.1) is 11.8 Å². The van der Waals surface area contributed by atoms with E-state index < -0.39 is 0 Å². The van der Waals surface area contributed by atoms with E-state index in [9.17, 15) is 0 Å². The zero-order valence-electron chi connectivity index (χ0n) is 8.52. The third-order valence-electron chi connectivity index (χ3n) is 2.75. The molecule has 1 nitrogen and oxygen atoms in total. The molecule has 0 bridgehead atoms. The van der Waals surface area contributed by atoms with E-state index in [0.717, 1.165) is 6.04 Å². The second-order valence-corrected chi connectivity index (χ2v) is 5.06. The van der Waals surface area contributed by atoms with Crippen LogP contribution in [0.25, 0.3) is 0 Å². The predicted octanol–water partition coefficient (Wildman–Crippen LogP) is 3.01. The fourth-order valence-corrected chi connectivity index (χ4v) is 3.51. The van der Waals surface area contributed by atoms with Crippen LogP contribution < -0.4 is 5.32 Å². The zero-order valence-corrected chi connectivity index (χ0v) is 9.34. The Balaban J connectivity index is 2.47. The first-order valence-electron chi connectivity index (χ1n) is 5.18. The summed E-state index contributed by atoms with van der Waals surface area (Å²) in [6.45, 7) is 6.85. The highest BCUT2D eigenvalue weighted by molar-refractivity contribution is 8.00. The highest BCUT2D eigenvalue weighted by Gasteiger charge is 2.35. The van der Waals surface area contributed by atoms with Gasteiger partial charge >= 0.3 is 0 Å². The van der Waals surface area contributed by atoms with Crippen LogP contribution in [0.5, 0.6) is 0 Å². The van der Waals surface area contributed by atoms with E-state index in [0.29, 0.717) is 4.87 Å². The molecule has 1 rings (SSSR count). The van der Waals surface area contributed by atoms with Gasteiger partial charge in [0.2, 0.25) is 0 Å². The molecule has 1 fully saturated rings. The molecule has 72 valence electrons. The van der Waals surface area contributed by atoms with Gasteiger partial charge in [-0.25, -0.2) is 0 Å². The van der Waals surface area contributed by atoms with Gasteiger partial charge in [-0.2, -0.15) is 0 Å². The highest BCUT2D eigenvalue weighted by atomic mass is 32.2. The lowest BCUT2D eigenvalue weighted by molar-refractivity contribution is 0.395. The first-order valence-corrected chi connectivity index (χ1v) is 6.16. The van der Waals surface area contributed by atoms with Crippen LogP contribution in [0.4, 0.5) is 0 Å². The minimum Gasteiger partial charge on any atom is -0.299 e. The van der Waals surface area contributed by atoms with Crippen LogP contribution in [0.3, 0.4) is 0 Å². The Morgan fingerprint density at radius 3 is 2.58 bits per heavy atom. The maximum Gasteiger partial charge on any atom is 0.0645 e. The molecule has 1 heterocycles. The van der Waals surface area contributed by atoms with E-state index in [1.807, 2.05) is 0 Å². The molecule has 1 saturated heterocycles. The van der Waals surface area contributed by atoms with Crippen molar-refractivity contribution in [2.45, 2.75) is 57.4 Å². The fraction of sp³-hybridized carbons (Fsp3) is 1.00. The van der Waals surface area contributed by atoms with Gasteiger partial charge in [-0.1, -0.05) is 27.2 Å². The van der Waals surface area contributed by atoms with E-state index in [4.69, 9.17) is 0 Å². The monoisotopic (exact) mass is 187 g/mol. The Morgan fingerprint density at radius 1 is 1.42 bits per heavy atom. The summed E-state index contributed by atoms with van der Waals surface area (Å²) in [7, 11) is 0. The lowest BCUT2D eigenvalue weighted by Crippen LogP contribution is -2.40. The van der Waals surface area contributed by atoms with Crippen LogP contribution in [0.15, 0.2) is 0 Å². The first-order chi connectivity index (χ1) is 5.76. The van der Waals surface area contributed by atoms with Gasteiger partial charge in [0.1, 0.15) is 0 Å².